The first-order chi connectivity index (χ1) is 9.13. The minimum absolute atomic E-state index is 0.0603. The zero-order valence-corrected chi connectivity index (χ0v) is 11.1. The molecule has 19 heavy (non-hydrogen) atoms. The van der Waals surface area contributed by atoms with Gasteiger partial charge in [-0.3, -0.25) is 4.79 Å². The van der Waals surface area contributed by atoms with Gasteiger partial charge in [-0.15, -0.1) is 0 Å². The quantitative estimate of drug-likeness (QED) is 0.578. The molecule has 0 N–H and O–H groups in total. The van der Waals surface area contributed by atoms with Crippen molar-refractivity contribution >= 4 is 16.9 Å². The molecule has 0 fully saturated rings. The van der Waals surface area contributed by atoms with Gasteiger partial charge in [0.1, 0.15) is 5.82 Å². The van der Waals surface area contributed by atoms with Gasteiger partial charge in [0.05, 0.1) is 0 Å². The average Bonchev–Trinajstić information content (AvgIpc) is 2.39. The van der Waals surface area contributed by atoms with Gasteiger partial charge in [-0.2, -0.15) is 0 Å². The molecular weight excluding hydrogens is 259 g/mol. The third kappa shape index (κ3) is 4.27. The number of thioether (sulfide) groups is 1. The molecule has 0 heterocycles. The first-order valence-corrected chi connectivity index (χ1v) is 6.51. The molecule has 0 saturated carbocycles. The van der Waals surface area contributed by atoms with Crippen molar-refractivity contribution in [3.05, 3.63) is 65.5 Å². The largest absolute Gasteiger partial charge is 0.287 e. The van der Waals surface area contributed by atoms with Crippen molar-refractivity contribution < 1.29 is 9.18 Å². The van der Waals surface area contributed by atoms with Crippen LogP contribution in [-0.2, 0) is 4.79 Å². The molecule has 1 nitrogen and oxygen atoms in total. The summed E-state index contributed by atoms with van der Waals surface area (Å²) in [5.74, 6) is 5.68. The summed E-state index contributed by atoms with van der Waals surface area (Å²) in [7, 11) is 0. The molecule has 0 spiro atoms. The van der Waals surface area contributed by atoms with Gasteiger partial charge in [-0.05, 0) is 48.5 Å². The smallest absolute Gasteiger partial charge is 0.190 e. The minimum Gasteiger partial charge on any atom is -0.287 e. The number of hydrogen-bond donors (Lipinski definition) is 0. The molecule has 3 heteroatoms. The monoisotopic (exact) mass is 270 g/mol. The van der Waals surface area contributed by atoms with E-state index in [4.69, 9.17) is 0 Å². The molecule has 0 aromatic heterocycles. The van der Waals surface area contributed by atoms with Crippen LogP contribution in [0, 0.1) is 17.7 Å². The van der Waals surface area contributed by atoms with E-state index in [1.165, 1.54) is 30.8 Å². The van der Waals surface area contributed by atoms with Gasteiger partial charge in [-0.1, -0.05) is 23.6 Å². The van der Waals surface area contributed by atoms with E-state index in [0.717, 1.165) is 16.0 Å². The summed E-state index contributed by atoms with van der Waals surface area (Å²) >= 11 is 1.19. The van der Waals surface area contributed by atoms with E-state index in [9.17, 15) is 9.18 Å². The van der Waals surface area contributed by atoms with Crippen molar-refractivity contribution in [2.75, 3.05) is 0 Å². The number of rotatable bonds is 1. The molecule has 0 amide bonds. The molecular formula is C16H11FOS. The van der Waals surface area contributed by atoms with Crippen LogP contribution in [0.3, 0.4) is 0 Å². The van der Waals surface area contributed by atoms with Gasteiger partial charge >= 0.3 is 0 Å². The number of halogens is 1. The summed E-state index contributed by atoms with van der Waals surface area (Å²) in [4.78, 5) is 11.8. The van der Waals surface area contributed by atoms with E-state index in [2.05, 4.69) is 11.8 Å². The second-order valence-electron chi connectivity index (χ2n) is 3.87. The maximum absolute atomic E-state index is 12.7. The van der Waals surface area contributed by atoms with Gasteiger partial charge in [-0.25, -0.2) is 4.39 Å². The van der Waals surface area contributed by atoms with Crippen LogP contribution < -0.4 is 0 Å². The van der Waals surface area contributed by atoms with Crippen LogP contribution >= 0.6 is 11.8 Å². The van der Waals surface area contributed by atoms with Crippen LogP contribution in [0.5, 0.6) is 0 Å². The predicted octanol–water partition coefficient (Wildman–Crippen LogP) is 3.86. The van der Waals surface area contributed by atoms with Crippen LogP contribution in [0.15, 0.2) is 53.4 Å². The third-order valence-corrected chi connectivity index (χ3v) is 3.11. The maximum Gasteiger partial charge on any atom is 0.190 e. The fourth-order valence-corrected chi connectivity index (χ4v) is 2.05. The molecule has 0 radical (unpaired) electrons. The molecule has 0 bridgehead atoms. The Morgan fingerprint density at radius 1 is 0.947 bits per heavy atom. The zero-order valence-electron chi connectivity index (χ0n) is 10.3. The van der Waals surface area contributed by atoms with Crippen molar-refractivity contribution in [1.82, 2.24) is 0 Å². The third-order valence-electron chi connectivity index (χ3n) is 2.31. The standard InChI is InChI=1S/C16H11FOS/c1-12(18)19-16-10-6-14(7-11-16)3-2-13-4-8-15(17)9-5-13/h4-11H,1H3. The first-order valence-electron chi connectivity index (χ1n) is 5.69. The Morgan fingerprint density at radius 2 is 1.42 bits per heavy atom. The van der Waals surface area contributed by atoms with E-state index >= 15 is 0 Å². The molecule has 0 aliphatic carbocycles. The lowest BCUT2D eigenvalue weighted by Gasteiger charge is -1.96. The highest BCUT2D eigenvalue weighted by Gasteiger charge is 1.97. The van der Waals surface area contributed by atoms with E-state index < -0.39 is 0 Å². The Bertz CT molecular complexity index is 633. The Balaban J connectivity index is 2.11. The maximum atomic E-state index is 12.7. The molecule has 0 atom stereocenters. The van der Waals surface area contributed by atoms with Crippen LogP contribution in [0.25, 0.3) is 0 Å². The first kappa shape index (κ1) is 13.4. The molecule has 2 aromatic carbocycles. The lowest BCUT2D eigenvalue weighted by atomic mass is 10.2. The van der Waals surface area contributed by atoms with Gasteiger partial charge in [0.25, 0.3) is 0 Å². The fourth-order valence-electron chi connectivity index (χ4n) is 1.45. The minimum atomic E-state index is -0.267. The highest BCUT2D eigenvalue weighted by Crippen LogP contribution is 2.18. The van der Waals surface area contributed by atoms with Crippen LogP contribution in [-0.4, -0.2) is 5.12 Å². The lowest BCUT2D eigenvalue weighted by Crippen LogP contribution is -1.82. The van der Waals surface area contributed by atoms with Crippen LogP contribution in [0.4, 0.5) is 4.39 Å². The van der Waals surface area contributed by atoms with Gasteiger partial charge in [0, 0.05) is 22.9 Å². The Hall–Kier alpha value is -2.05. The van der Waals surface area contributed by atoms with E-state index in [-0.39, 0.29) is 10.9 Å². The summed E-state index contributed by atoms with van der Waals surface area (Å²) in [6.07, 6.45) is 0. The SMILES string of the molecule is CC(=O)Sc1ccc(C#Cc2ccc(F)cc2)cc1. The Kier molecular flexibility index (Phi) is 4.38. The van der Waals surface area contributed by atoms with Gasteiger partial charge in [0.15, 0.2) is 5.12 Å². The second-order valence-corrected chi connectivity index (χ2v) is 5.13. The summed E-state index contributed by atoms with van der Waals surface area (Å²) in [5, 5.41) is 0.0603. The number of carbonyl (C=O) groups excluding carboxylic acids is 1. The van der Waals surface area contributed by atoms with Crippen molar-refractivity contribution in [2.24, 2.45) is 0 Å². The summed E-state index contributed by atoms with van der Waals surface area (Å²) in [6, 6.07) is 13.5. The fraction of sp³-hybridized carbons (Fsp3) is 0.0625. The molecule has 2 aromatic rings. The summed E-state index contributed by atoms with van der Waals surface area (Å²) in [6.45, 7) is 1.53. The number of hydrogen-bond acceptors (Lipinski definition) is 2. The van der Waals surface area contributed by atoms with Crippen molar-refractivity contribution in [3.63, 3.8) is 0 Å². The van der Waals surface area contributed by atoms with Crippen molar-refractivity contribution in [1.29, 1.82) is 0 Å². The normalized spacial score (nSPS) is 9.58. The molecule has 0 unspecified atom stereocenters. The summed E-state index contributed by atoms with van der Waals surface area (Å²) in [5.41, 5.74) is 1.63. The van der Waals surface area contributed by atoms with Crippen LogP contribution in [0.2, 0.25) is 0 Å². The van der Waals surface area contributed by atoms with E-state index in [1.807, 2.05) is 24.3 Å². The second kappa shape index (κ2) is 6.21. The van der Waals surface area contributed by atoms with Crippen LogP contribution in [0.1, 0.15) is 18.1 Å². The number of carbonyl (C=O) groups is 1. The molecule has 0 saturated heterocycles. The van der Waals surface area contributed by atoms with Gasteiger partial charge in [0.2, 0.25) is 0 Å². The molecule has 0 aliphatic rings. The van der Waals surface area contributed by atoms with Crippen molar-refractivity contribution in [3.8, 4) is 11.8 Å². The van der Waals surface area contributed by atoms with E-state index in [0.29, 0.717) is 0 Å². The van der Waals surface area contributed by atoms with Gasteiger partial charge < -0.3 is 0 Å². The Labute approximate surface area is 115 Å². The van der Waals surface area contributed by atoms with Crippen molar-refractivity contribution in [2.45, 2.75) is 11.8 Å². The zero-order chi connectivity index (χ0) is 13.7. The molecule has 94 valence electrons. The average molecular weight is 270 g/mol. The lowest BCUT2D eigenvalue weighted by molar-refractivity contribution is -0.109. The topological polar surface area (TPSA) is 17.1 Å². The van der Waals surface area contributed by atoms with E-state index in [1.54, 1.807) is 12.1 Å². The highest BCUT2D eigenvalue weighted by molar-refractivity contribution is 8.13. The highest BCUT2D eigenvalue weighted by atomic mass is 32.2. The molecule has 0 aliphatic heterocycles. The summed E-state index contributed by atoms with van der Waals surface area (Å²) < 4.78 is 12.7. The molecule has 2 rings (SSSR count). The predicted molar refractivity (Wildman–Crippen MR) is 75.4 cm³/mol. The number of benzene rings is 2. The Morgan fingerprint density at radius 3 is 1.89 bits per heavy atom.